The molecular formula is C23H29N3O4. The van der Waals surface area contributed by atoms with Crippen molar-refractivity contribution in [3.8, 4) is 0 Å². The maximum Gasteiger partial charge on any atom is 0.339 e. The fraction of sp³-hybridized carbons (Fsp3) is 0.435. The first-order chi connectivity index (χ1) is 14.3. The lowest BCUT2D eigenvalue weighted by molar-refractivity contribution is -0.126. The Kier molecular flexibility index (Phi) is 6.59. The molecule has 2 N–H and O–H groups in total. The fourth-order valence-corrected chi connectivity index (χ4v) is 3.95. The Bertz CT molecular complexity index is 946. The second-order valence-electron chi connectivity index (χ2n) is 7.91. The van der Waals surface area contributed by atoms with Crippen molar-refractivity contribution in [2.24, 2.45) is 5.92 Å². The number of H-pyrrole nitrogens is 1. The summed E-state index contributed by atoms with van der Waals surface area (Å²) in [5.74, 6) is -0.943. The molecule has 1 saturated heterocycles. The second kappa shape index (κ2) is 9.15. The van der Waals surface area contributed by atoms with E-state index < -0.39 is 5.97 Å². The molecule has 0 aliphatic carbocycles. The Hall–Kier alpha value is -3.09. The smallest absolute Gasteiger partial charge is 0.339 e. The average molecular weight is 412 g/mol. The molecule has 1 aromatic carbocycles. The number of likely N-dealkylation sites (tertiary alicyclic amines) is 1. The number of nitrogens with one attached hydrogen (secondary N) is 2. The normalized spacial score (nSPS) is 16.3. The summed E-state index contributed by atoms with van der Waals surface area (Å²) in [7, 11) is 1.32. The van der Waals surface area contributed by atoms with E-state index in [-0.39, 0.29) is 17.7 Å². The van der Waals surface area contributed by atoms with Crippen molar-refractivity contribution in [3.05, 3.63) is 57.9 Å². The van der Waals surface area contributed by atoms with E-state index in [0.717, 1.165) is 18.4 Å². The number of hydrogen-bond donors (Lipinski definition) is 2. The molecule has 0 saturated carbocycles. The summed E-state index contributed by atoms with van der Waals surface area (Å²) < 4.78 is 4.82. The van der Waals surface area contributed by atoms with Crippen LogP contribution in [0.5, 0.6) is 0 Å². The SMILES string of the molecule is COC(=O)c1c(C)[nH]c(C(=O)N2CCC[C@H](C(=O)NCc3ccc(C)cc3)C2)c1C. The molecule has 1 aromatic heterocycles. The van der Waals surface area contributed by atoms with Gasteiger partial charge in [-0.2, -0.15) is 0 Å². The number of aromatic nitrogens is 1. The summed E-state index contributed by atoms with van der Waals surface area (Å²) in [5.41, 5.74) is 4.18. The predicted molar refractivity (Wildman–Crippen MR) is 113 cm³/mol. The third-order valence-electron chi connectivity index (χ3n) is 5.71. The van der Waals surface area contributed by atoms with Gasteiger partial charge >= 0.3 is 5.97 Å². The quantitative estimate of drug-likeness (QED) is 0.740. The lowest BCUT2D eigenvalue weighted by atomic mass is 9.96. The molecule has 0 spiro atoms. The Morgan fingerprint density at radius 1 is 1.17 bits per heavy atom. The van der Waals surface area contributed by atoms with Crippen molar-refractivity contribution in [2.75, 3.05) is 20.2 Å². The van der Waals surface area contributed by atoms with Gasteiger partial charge in [0.05, 0.1) is 18.6 Å². The summed E-state index contributed by atoms with van der Waals surface area (Å²) in [5, 5.41) is 2.99. The Morgan fingerprint density at radius 2 is 1.87 bits per heavy atom. The van der Waals surface area contributed by atoms with Crippen LogP contribution in [0.15, 0.2) is 24.3 Å². The van der Waals surface area contributed by atoms with Crippen LogP contribution in [0.4, 0.5) is 0 Å². The van der Waals surface area contributed by atoms with Gasteiger partial charge in [-0.25, -0.2) is 4.79 Å². The first-order valence-electron chi connectivity index (χ1n) is 10.2. The lowest BCUT2D eigenvalue weighted by Gasteiger charge is -2.32. The van der Waals surface area contributed by atoms with Crippen LogP contribution in [0.1, 0.15) is 56.1 Å². The van der Waals surface area contributed by atoms with Gasteiger partial charge in [0.1, 0.15) is 5.69 Å². The highest BCUT2D eigenvalue weighted by molar-refractivity contribution is 6.00. The van der Waals surface area contributed by atoms with Crippen molar-refractivity contribution >= 4 is 17.8 Å². The fourth-order valence-electron chi connectivity index (χ4n) is 3.95. The largest absolute Gasteiger partial charge is 0.465 e. The van der Waals surface area contributed by atoms with Crippen LogP contribution in [0.25, 0.3) is 0 Å². The molecule has 1 atom stereocenters. The first-order valence-corrected chi connectivity index (χ1v) is 10.2. The number of rotatable bonds is 5. The van der Waals surface area contributed by atoms with Gasteiger partial charge in [-0.15, -0.1) is 0 Å². The summed E-state index contributed by atoms with van der Waals surface area (Å²) in [6.07, 6.45) is 1.51. The van der Waals surface area contributed by atoms with Crippen LogP contribution in [-0.2, 0) is 16.1 Å². The monoisotopic (exact) mass is 411 g/mol. The van der Waals surface area contributed by atoms with E-state index >= 15 is 0 Å². The van der Waals surface area contributed by atoms with Gasteiger partial charge in [-0.3, -0.25) is 9.59 Å². The number of piperidine rings is 1. The molecule has 2 aromatic rings. The molecule has 1 fully saturated rings. The zero-order valence-corrected chi connectivity index (χ0v) is 18.0. The van der Waals surface area contributed by atoms with E-state index in [1.165, 1.54) is 12.7 Å². The first kappa shape index (κ1) is 21.6. The van der Waals surface area contributed by atoms with E-state index in [9.17, 15) is 14.4 Å². The lowest BCUT2D eigenvalue weighted by Crippen LogP contribution is -2.45. The van der Waals surface area contributed by atoms with Crippen LogP contribution in [0.3, 0.4) is 0 Å². The van der Waals surface area contributed by atoms with E-state index in [1.54, 1.807) is 18.7 Å². The number of carbonyl (C=O) groups is 3. The van der Waals surface area contributed by atoms with Gasteiger partial charge in [-0.05, 0) is 44.7 Å². The average Bonchev–Trinajstić information content (AvgIpc) is 3.06. The zero-order chi connectivity index (χ0) is 21.8. The molecule has 7 heteroatoms. The summed E-state index contributed by atoms with van der Waals surface area (Å²) >= 11 is 0. The van der Waals surface area contributed by atoms with Gasteiger partial charge in [0.2, 0.25) is 5.91 Å². The molecule has 0 unspecified atom stereocenters. The minimum absolute atomic E-state index is 0.0392. The Labute approximate surface area is 176 Å². The topological polar surface area (TPSA) is 91.5 Å². The minimum atomic E-state index is -0.465. The maximum absolute atomic E-state index is 13.1. The number of aryl methyl sites for hydroxylation is 2. The molecule has 0 radical (unpaired) electrons. The second-order valence-corrected chi connectivity index (χ2v) is 7.91. The van der Waals surface area contributed by atoms with Crippen molar-refractivity contribution in [2.45, 2.75) is 40.2 Å². The minimum Gasteiger partial charge on any atom is -0.465 e. The van der Waals surface area contributed by atoms with Gasteiger partial charge in [-0.1, -0.05) is 29.8 Å². The number of methoxy groups -OCH3 is 1. The molecule has 1 aliphatic heterocycles. The van der Waals surface area contributed by atoms with Crippen LogP contribution < -0.4 is 5.32 Å². The summed E-state index contributed by atoms with van der Waals surface area (Å²) in [4.78, 5) is 42.5. The Balaban J connectivity index is 1.65. The summed E-state index contributed by atoms with van der Waals surface area (Å²) in [6.45, 7) is 6.93. The molecule has 7 nitrogen and oxygen atoms in total. The van der Waals surface area contributed by atoms with E-state index in [0.29, 0.717) is 42.1 Å². The molecule has 1 aliphatic rings. The number of benzene rings is 1. The van der Waals surface area contributed by atoms with Gasteiger partial charge in [0, 0.05) is 25.3 Å². The van der Waals surface area contributed by atoms with E-state index in [2.05, 4.69) is 10.3 Å². The number of ether oxygens (including phenoxy) is 1. The third kappa shape index (κ3) is 4.56. The number of nitrogens with zero attached hydrogens (tertiary/aromatic N) is 1. The molecule has 0 bridgehead atoms. The van der Waals surface area contributed by atoms with Crippen molar-refractivity contribution in [1.29, 1.82) is 0 Å². The van der Waals surface area contributed by atoms with Crippen molar-refractivity contribution < 1.29 is 19.1 Å². The highest BCUT2D eigenvalue weighted by Crippen LogP contribution is 2.23. The van der Waals surface area contributed by atoms with E-state index in [1.807, 2.05) is 31.2 Å². The number of carbonyl (C=O) groups excluding carboxylic acids is 3. The van der Waals surface area contributed by atoms with Gasteiger partial charge < -0.3 is 19.9 Å². The van der Waals surface area contributed by atoms with Crippen LogP contribution in [-0.4, -0.2) is 47.9 Å². The van der Waals surface area contributed by atoms with Crippen LogP contribution in [0.2, 0.25) is 0 Å². The third-order valence-corrected chi connectivity index (χ3v) is 5.71. The molecule has 30 heavy (non-hydrogen) atoms. The zero-order valence-electron chi connectivity index (χ0n) is 18.0. The molecule has 160 valence electrons. The van der Waals surface area contributed by atoms with Crippen LogP contribution >= 0.6 is 0 Å². The molecule has 2 heterocycles. The maximum atomic E-state index is 13.1. The van der Waals surface area contributed by atoms with Gasteiger partial charge in [0.15, 0.2) is 0 Å². The number of esters is 1. The standard InChI is InChI=1S/C23H29N3O4/c1-14-7-9-17(10-8-14)12-24-21(27)18-6-5-11-26(13-18)22(28)20-15(2)19(16(3)25-20)23(29)30-4/h7-10,18,25H,5-6,11-13H2,1-4H3,(H,24,27)/t18-/m0/s1. The number of aromatic amines is 1. The molecule has 3 rings (SSSR count). The molecule has 2 amide bonds. The number of amides is 2. The van der Waals surface area contributed by atoms with Gasteiger partial charge in [0.25, 0.3) is 5.91 Å². The van der Waals surface area contributed by atoms with E-state index in [4.69, 9.17) is 4.74 Å². The highest BCUT2D eigenvalue weighted by Gasteiger charge is 2.31. The predicted octanol–water partition coefficient (Wildman–Crippen LogP) is 2.90. The highest BCUT2D eigenvalue weighted by atomic mass is 16.5. The summed E-state index contributed by atoms with van der Waals surface area (Å²) in [6, 6.07) is 8.04. The molecular weight excluding hydrogens is 382 g/mol. The van der Waals surface area contributed by atoms with Crippen molar-refractivity contribution in [3.63, 3.8) is 0 Å². The Morgan fingerprint density at radius 3 is 2.53 bits per heavy atom. The number of hydrogen-bond acceptors (Lipinski definition) is 4. The van der Waals surface area contributed by atoms with Crippen molar-refractivity contribution in [1.82, 2.24) is 15.2 Å². The van der Waals surface area contributed by atoms with Crippen LogP contribution in [0, 0.1) is 26.7 Å².